The number of nitrogens with zero attached hydrogens (tertiary/aromatic N) is 3. The Morgan fingerprint density at radius 3 is 2.45 bits per heavy atom. The Bertz CT molecular complexity index is 1140. The monoisotopic (exact) mass is 450 g/mol. The maximum absolute atomic E-state index is 12.7. The summed E-state index contributed by atoms with van der Waals surface area (Å²) >= 11 is 0. The van der Waals surface area contributed by atoms with Crippen LogP contribution in [0.15, 0.2) is 59.7 Å². The number of hydrogen-bond acceptors (Lipinski definition) is 7. The fraction of sp³-hybridized carbons (Fsp3) is 0.333. The van der Waals surface area contributed by atoms with Crippen LogP contribution in [-0.4, -0.2) is 38.8 Å². The molecule has 1 aromatic carbocycles. The van der Waals surface area contributed by atoms with Gasteiger partial charge in [-0.1, -0.05) is 30.3 Å². The van der Waals surface area contributed by atoms with Gasteiger partial charge in [0, 0.05) is 31.5 Å². The van der Waals surface area contributed by atoms with E-state index in [1.807, 2.05) is 51.1 Å². The Morgan fingerprint density at radius 2 is 1.82 bits per heavy atom. The van der Waals surface area contributed by atoms with Crippen LogP contribution < -0.4 is 21.9 Å². The maximum Gasteiger partial charge on any atom is 0.407 e. The van der Waals surface area contributed by atoms with Crippen LogP contribution in [0.25, 0.3) is 11.3 Å². The summed E-state index contributed by atoms with van der Waals surface area (Å²) in [5.41, 5.74) is 7.25. The average Bonchev–Trinajstić information content (AvgIpc) is 2.77. The summed E-state index contributed by atoms with van der Waals surface area (Å²) in [6.45, 7) is 5.75. The summed E-state index contributed by atoms with van der Waals surface area (Å²) < 4.78 is 6.78. The number of nitrogens with one attached hydrogen (secondary N) is 2. The number of rotatable bonds is 7. The van der Waals surface area contributed by atoms with E-state index < -0.39 is 11.7 Å². The first kappa shape index (κ1) is 23.8. The molecule has 0 saturated heterocycles. The highest BCUT2D eigenvalue weighted by atomic mass is 16.6. The molecule has 9 heteroatoms. The van der Waals surface area contributed by atoms with Gasteiger partial charge in [0.25, 0.3) is 5.56 Å². The van der Waals surface area contributed by atoms with E-state index in [4.69, 9.17) is 10.5 Å². The molecule has 3 rings (SSSR count). The van der Waals surface area contributed by atoms with E-state index in [9.17, 15) is 9.59 Å². The average molecular weight is 451 g/mol. The van der Waals surface area contributed by atoms with Crippen molar-refractivity contribution in [2.24, 2.45) is 7.05 Å². The summed E-state index contributed by atoms with van der Waals surface area (Å²) in [4.78, 5) is 33.7. The number of alkyl carbamates (subject to hydrolysis) is 1. The number of benzene rings is 1. The van der Waals surface area contributed by atoms with E-state index in [1.54, 1.807) is 31.6 Å². The van der Waals surface area contributed by atoms with Gasteiger partial charge >= 0.3 is 6.09 Å². The van der Waals surface area contributed by atoms with Crippen molar-refractivity contribution in [3.63, 3.8) is 0 Å². The Morgan fingerprint density at radius 1 is 1.15 bits per heavy atom. The summed E-state index contributed by atoms with van der Waals surface area (Å²) in [6.07, 6.45) is 3.28. The number of nitrogen functional groups attached to an aromatic ring is 1. The van der Waals surface area contributed by atoms with Gasteiger partial charge < -0.3 is 21.1 Å². The predicted octanol–water partition coefficient (Wildman–Crippen LogP) is 2.97. The second-order valence-electron chi connectivity index (χ2n) is 8.71. The number of anilines is 2. The van der Waals surface area contributed by atoms with Gasteiger partial charge in [-0.05, 0) is 44.9 Å². The number of amides is 1. The third-order valence-corrected chi connectivity index (χ3v) is 4.83. The van der Waals surface area contributed by atoms with Crippen LogP contribution in [0.3, 0.4) is 0 Å². The van der Waals surface area contributed by atoms with Gasteiger partial charge in [-0.3, -0.25) is 14.3 Å². The van der Waals surface area contributed by atoms with Crippen LogP contribution in [0.4, 0.5) is 16.4 Å². The fourth-order valence-electron chi connectivity index (χ4n) is 3.27. The maximum atomic E-state index is 12.7. The van der Waals surface area contributed by atoms with Crippen LogP contribution in [0.5, 0.6) is 0 Å². The molecule has 174 valence electrons. The highest BCUT2D eigenvalue weighted by Crippen LogP contribution is 2.21. The van der Waals surface area contributed by atoms with Gasteiger partial charge in [-0.2, -0.15) is 0 Å². The summed E-state index contributed by atoms with van der Waals surface area (Å²) in [6, 6.07) is 13.0. The molecule has 0 aliphatic rings. The second-order valence-corrected chi connectivity index (χ2v) is 8.71. The third kappa shape index (κ3) is 6.55. The first-order chi connectivity index (χ1) is 15.6. The van der Waals surface area contributed by atoms with E-state index in [1.165, 1.54) is 4.57 Å². The van der Waals surface area contributed by atoms with E-state index in [0.717, 1.165) is 5.56 Å². The molecule has 2 heterocycles. The van der Waals surface area contributed by atoms with Gasteiger partial charge in [0.15, 0.2) is 0 Å². The molecule has 1 atom stereocenters. The number of carbonyl (C=O) groups excluding carboxylic acids is 1. The molecule has 0 aliphatic carbocycles. The van der Waals surface area contributed by atoms with E-state index in [2.05, 4.69) is 20.6 Å². The lowest BCUT2D eigenvalue weighted by Gasteiger charge is -2.24. The van der Waals surface area contributed by atoms with Crippen molar-refractivity contribution in [3.05, 3.63) is 70.8 Å². The van der Waals surface area contributed by atoms with Crippen LogP contribution in [0.2, 0.25) is 0 Å². The van der Waals surface area contributed by atoms with Crippen molar-refractivity contribution < 1.29 is 9.53 Å². The number of pyridine rings is 1. The minimum atomic E-state index is -0.614. The second kappa shape index (κ2) is 10.2. The molecule has 0 radical (unpaired) electrons. The standard InChI is InChI=1S/C24H30N6O3/c1-24(2,3)33-23(32)28-18(14-16-8-6-5-7-9-16)15-27-22-29-20(17-10-12-26-13-11-17)19(25)21(31)30(22)4/h5-13,18H,14-15,25H2,1-4H3,(H,27,29)(H,28,32)/t18-/m0/s1. The number of aromatic nitrogens is 3. The fourth-order valence-corrected chi connectivity index (χ4v) is 3.27. The summed E-state index contributed by atoms with van der Waals surface area (Å²) in [5, 5.41) is 6.10. The van der Waals surface area contributed by atoms with Crippen molar-refractivity contribution in [3.8, 4) is 11.3 Å². The number of hydrogen-bond donors (Lipinski definition) is 3. The van der Waals surface area contributed by atoms with Gasteiger partial charge in [0.1, 0.15) is 17.0 Å². The molecular formula is C24H30N6O3. The van der Waals surface area contributed by atoms with E-state index in [0.29, 0.717) is 30.2 Å². The number of carbonyl (C=O) groups is 1. The quantitative estimate of drug-likeness (QED) is 0.505. The molecule has 4 N–H and O–H groups in total. The minimum absolute atomic E-state index is 0.0574. The van der Waals surface area contributed by atoms with Crippen molar-refractivity contribution in [2.75, 3.05) is 17.6 Å². The zero-order chi connectivity index (χ0) is 24.0. The molecule has 0 unspecified atom stereocenters. The topological polar surface area (TPSA) is 124 Å². The van der Waals surface area contributed by atoms with Gasteiger partial charge in [0.2, 0.25) is 5.95 Å². The molecule has 9 nitrogen and oxygen atoms in total. The molecule has 2 aromatic heterocycles. The zero-order valence-corrected chi connectivity index (χ0v) is 19.3. The smallest absolute Gasteiger partial charge is 0.407 e. The lowest BCUT2D eigenvalue weighted by atomic mass is 10.1. The molecule has 0 saturated carbocycles. The van der Waals surface area contributed by atoms with E-state index >= 15 is 0 Å². The Balaban J connectivity index is 1.84. The van der Waals surface area contributed by atoms with Gasteiger partial charge in [-0.25, -0.2) is 9.78 Å². The van der Waals surface area contributed by atoms with Crippen molar-refractivity contribution in [2.45, 2.75) is 38.8 Å². The largest absolute Gasteiger partial charge is 0.444 e. The van der Waals surface area contributed by atoms with Crippen molar-refractivity contribution >= 4 is 17.7 Å². The lowest BCUT2D eigenvalue weighted by molar-refractivity contribution is 0.0507. The SMILES string of the molecule is Cn1c(NC[C@H](Cc2ccccc2)NC(=O)OC(C)(C)C)nc(-c2ccncc2)c(N)c1=O. The normalized spacial score (nSPS) is 12.1. The highest BCUT2D eigenvalue weighted by Gasteiger charge is 2.21. The highest BCUT2D eigenvalue weighted by molar-refractivity contribution is 5.72. The van der Waals surface area contributed by atoms with Crippen molar-refractivity contribution in [1.82, 2.24) is 19.9 Å². The van der Waals surface area contributed by atoms with Gasteiger partial charge in [0.05, 0.1) is 6.04 Å². The number of nitrogens with two attached hydrogens (primary N) is 1. The van der Waals surface area contributed by atoms with E-state index in [-0.39, 0.29) is 17.3 Å². The molecule has 33 heavy (non-hydrogen) atoms. The van der Waals surface area contributed by atoms with Crippen molar-refractivity contribution in [1.29, 1.82) is 0 Å². The Kier molecular flexibility index (Phi) is 7.32. The van der Waals surface area contributed by atoms with Crippen LogP contribution in [0, 0.1) is 0 Å². The number of ether oxygens (including phenoxy) is 1. The molecule has 0 spiro atoms. The lowest BCUT2D eigenvalue weighted by Crippen LogP contribution is -2.44. The molecule has 0 aliphatic heterocycles. The predicted molar refractivity (Wildman–Crippen MR) is 129 cm³/mol. The summed E-state index contributed by atoms with van der Waals surface area (Å²) in [7, 11) is 1.60. The summed E-state index contributed by atoms with van der Waals surface area (Å²) in [5.74, 6) is 0.338. The zero-order valence-electron chi connectivity index (χ0n) is 19.3. The van der Waals surface area contributed by atoms with Crippen LogP contribution in [0.1, 0.15) is 26.3 Å². The Labute approximate surface area is 193 Å². The Hall–Kier alpha value is -3.88. The molecule has 0 fully saturated rings. The third-order valence-electron chi connectivity index (χ3n) is 4.83. The minimum Gasteiger partial charge on any atom is -0.444 e. The molecule has 0 bridgehead atoms. The van der Waals surface area contributed by atoms with Gasteiger partial charge in [-0.15, -0.1) is 0 Å². The first-order valence-electron chi connectivity index (χ1n) is 10.7. The molecule has 3 aromatic rings. The molecule has 1 amide bonds. The van der Waals surface area contributed by atoms with Crippen LogP contribution >= 0.6 is 0 Å². The molecular weight excluding hydrogens is 420 g/mol. The van der Waals surface area contributed by atoms with Crippen LogP contribution in [-0.2, 0) is 18.2 Å². The first-order valence-corrected chi connectivity index (χ1v) is 10.7.